The summed E-state index contributed by atoms with van der Waals surface area (Å²) in [7, 11) is 1.56. The molecule has 0 saturated heterocycles. The highest BCUT2D eigenvalue weighted by Crippen LogP contribution is 2.31. The normalized spacial score (nSPS) is 11.0. The summed E-state index contributed by atoms with van der Waals surface area (Å²) in [5.74, 6) is 0.157. The van der Waals surface area contributed by atoms with Gasteiger partial charge < -0.3 is 15.4 Å². The molecule has 0 bridgehead atoms. The lowest BCUT2D eigenvalue weighted by molar-refractivity contribution is -0.116. The molecular formula is C21H25ClN2O3. The number of nitrogens with one attached hydrogen (secondary N) is 2. The number of ether oxygens (including phenoxy) is 1. The van der Waals surface area contributed by atoms with Gasteiger partial charge in [0.2, 0.25) is 5.91 Å². The largest absolute Gasteiger partial charge is 0.495 e. The molecule has 5 nitrogen and oxygen atoms in total. The molecule has 0 spiro atoms. The molecule has 2 rings (SSSR count). The van der Waals surface area contributed by atoms with E-state index in [1.165, 1.54) is 0 Å². The number of hydrogen-bond acceptors (Lipinski definition) is 3. The minimum Gasteiger partial charge on any atom is -0.495 e. The summed E-state index contributed by atoms with van der Waals surface area (Å²) < 4.78 is 5.33. The average Bonchev–Trinajstić information content (AvgIpc) is 2.61. The Bertz CT molecular complexity index is 811. The van der Waals surface area contributed by atoms with Gasteiger partial charge in [0.05, 0.1) is 12.8 Å². The van der Waals surface area contributed by atoms with Crippen molar-refractivity contribution < 1.29 is 14.3 Å². The number of benzene rings is 2. The summed E-state index contributed by atoms with van der Waals surface area (Å²) in [4.78, 5) is 24.3. The lowest BCUT2D eigenvalue weighted by atomic mass is 9.87. The molecule has 2 amide bonds. The van der Waals surface area contributed by atoms with Gasteiger partial charge in [-0.05, 0) is 47.4 Å². The van der Waals surface area contributed by atoms with E-state index in [2.05, 4.69) is 31.4 Å². The molecule has 144 valence electrons. The zero-order chi connectivity index (χ0) is 20.0. The molecule has 0 aromatic heterocycles. The van der Waals surface area contributed by atoms with Crippen molar-refractivity contribution >= 4 is 29.1 Å². The maximum Gasteiger partial charge on any atom is 0.251 e. The fraction of sp³-hybridized carbons (Fsp3) is 0.333. The number of carbonyl (C=O) groups is 2. The summed E-state index contributed by atoms with van der Waals surface area (Å²) >= 11 is 5.81. The maximum atomic E-state index is 12.3. The van der Waals surface area contributed by atoms with E-state index >= 15 is 0 Å². The highest BCUT2D eigenvalue weighted by atomic mass is 35.5. The van der Waals surface area contributed by atoms with Crippen molar-refractivity contribution in [1.82, 2.24) is 5.32 Å². The molecule has 0 radical (unpaired) electrons. The number of methoxy groups -OCH3 is 1. The Kier molecular flexibility index (Phi) is 6.86. The number of anilines is 1. The first-order chi connectivity index (χ1) is 12.7. The van der Waals surface area contributed by atoms with E-state index in [0.29, 0.717) is 22.0 Å². The van der Waals surface area contributed by atoms with E-state index in [-0.39, 0.29) is 30.2 Å². The number of halogens is 1. The van der Waals surface area contributed by atoms with Crippen LogP contribution in [-0.2, 0) is 10.2 Å². The number of rotatable bonds is 6. The van der Waals surface area contributed by atoms with Crippen LogP contribution in [0.5, 0.6) is 5.75 Å². The Labute approximate surface area is 165 Å². The van der Waals surface area contributed by atoms with Crippen LogP contribution in [0.15, 0.2) is 42.5 Å². The van der Waals surface area contributed by atoms with Gasteiger partial charge in [-0.25, -0.2) is 0 Å². The number of amides is 2. The molecule has 0 fully saturated rings. The van der Waals surface area contributed by atoms with Crippen molar-refractivity contribution in [2.24, 2.45) is 0 Å². The quantitative estimate of drug-likeness (QED) is 0.770. The molecule has 0 heterocycles. The van der Waals surface area contributed by atoms with E-state index in [9.17, 15) is 9.59 Å². The lowest BCUT2D eigenvalue weighted by Gasteiger charge is -2.21. The third-order valence-electron chi connectivity index (χ3n) is 4.08. The van der Waals surface area contributed by atoms with Crippen LogP contribution in [0.2, 0.25) is 5.02 Å². The minimum atomic E-state index is -0.244. The van der Waals surface area contributed by atoms with Crippen LogP contribution in [0.25, 0.3) is 0 Å². The molecule has 0 atom stereocenters. The van der Waals surface area contributed by atoms with E-state index < -0.39 is 0 Å². The summed E-state index contributed by atoms with van der Waals surface area (Å²) in [5, 5.41) is 6.15. The average molecular weight is 389 g/mol. The van der Waals surface area contributed by atoms with Crippen LogP contribution in [0, 0.1) is 0 Å². The van der Waals surface area contributed by atoms with Crippen molar-refractivity contribution in [2.45, 2.75) is 32.6 Å². The highest BCUT2D eigenvalue weighted by molar-refractivity contribution is 6.30. The number of hydrogen-bond donors (Lipinski definition) is 2. The SMILES string of the molecule is COc1ccc(C(C)(C)C)cc1NC(=O)CCNC(=O)c1ccc(Cl)cc1. The molecule has 2 aromatic carbocycles. The molecular weight excluding hydrogens is 364 g/mol. The van der Waals surface area contributed by atoms with Crippen molar-refractivity contribution in [3.05, 3.63) is 58.6 Å². The highest BCUT2D eigenvalue weighted by Gasteiger charge is 2.17. The molecule has 6 heteroatoms. The Morgan fingerprint density at radius 2 is 1.74 bits per heavy atom. The van der Waals surface area contributed by atoms with Gasteiger partial charge in [-0.2, -0.15) is 0 Å². The second kappa shape index (κ2) is 8.91. The van der Waals surface area contributed by atoms with Crippen molar-refractivity contribution in [2.75, 3.05) is 19.0 Å². The molecule has 0 unspecified atom stereocenters. The van der Waals surface area contributed by atoms with Crippen LogP contribution in [-0.4, -0.2) is 25.5 Å². The van der Waals surface area contributed by atoms with Crippen LogP contribution in [0.3, 0.4) is 0 Å². The fourth-order valence-corrected chi connectivity index (χ4v) is 2.60. The Hall–Kier alpha value is -2.53. The van der Waals surface area contributed by atoms with Crippen LogP contribution >= 0.6 is 11.6 Å². The summed E-state index contributed by atoms with van der Waals surface area (Å²) in [5.41, 5.74) is 2.17. The first-order valence-electron chi connectivity index (χ1n) is 8.73. The topological polar surface area (TPSA) is 67.4 Å². The summed E-state index contributed by atoms with van der Waals surface area (Å²) in [6.07, 6.45) is 0.155. The van der Waals surface area contributed by atoms with E-state index in [1.807, 2.05) is 18.2 Å². The molecule has 0 aliphatic rings. The molecule has 27 heavy (non-hydrogen) atoms. The summed E-state index contributed by atoms with van der Waals surface area (Å²) in [6, 6.07) is 12.3. The third-order valence-corrected chi connectivity index (χ3v) is 4.34. The Balaban J connectivity index is 1.93. The number of carbonyl (C=O) groups excluding carboxylic acids is 2. The molecule has 2 aromatic rings. The van der Waals surface area contributed by atoms with E-state index in [4.69, 9.17) is 16.3 Å². The second-order valence-corrected chi connectivity index (χ2v) is 7.66. The Morgan fingerprint density at radius 3 is 2.33 bits per heavy atom. The van der Waals surface area contributed by atoms with Crippen molar-refractivity contribution in [1.29, 1.82) is 0 Å². The molecule has 0 aliphatic carbocycles. The van der Waals surface area contributed by atoms with Crippen LogP contribution in [0.1, 0.15) is 43.1 Å². The van der Waals surface area contributed by atoms with Gasteiger partial charge in [-0.1, -0.05) is 38.4 Å². The first kappa shape index (κ1) is 20.8. The van der Waals surface area contributed by atoms with Gasteiger partial charge in [0.25, 0.3) is 5.91 Å². The van der Waals surface area contributed by atoms with Gasteiger partial charge >= 0.3 is 0 Å². The van der Waals surface area contributed by atoms with Gasteiger partial charge in [0, 0.05) is 23.6 Å². The second-order valence-electron chi connectivity index (χ2n) is 7.23. The lowest BCUT2D eigenvalue weighted by Crippen LogP contribution is -2.27. The van der Waals surface area contributed by atoms with Gasteiger partial charge in [-0.15, -0.1) is 0 Å². The van der Waals surface area contributed by atoms with Gasteiger partial charge in [-0.3, -0.25) is 9.59 Å². The van der Waals surface area contributed by atoms with Crippen LogP contribution < -0.4 is 15.4 Å². The van der Waals surface area contributed by atoms with Crippen LogP contribution in [0.4, 0.5) is 5.69 Å². The smallest absolute Gasteiger partial charge is 0.251 e. The predicted octanol–water partition coefficient (Wildman–Crippen LogP) is 4.40. The fourth-order valence-electron chi connectivity index (χ4n) is 2.48. The van der Waals surface area contributed by atoms with Gasteiger partial charge in [0.15, 0.2) is 0 Å². The zero-order valence-electron chi connectivity index (χ0n) is 16.1. The van der Waals surface area contributed by atoms with E-state index in [0.717, 1.165) is 5.56 Å². The minimum absolute atomic E-state index is 0.0433. The molecule has 0 aliphatic heterocycles. The van der Waals surface area contributed by atoms with Gasteiger partial charge in [0.1, 0.15) is 5.75 Å². The summed E-state index contributed by atoms with van der Waals surface area (Å²) in [6.45, 7) is 6.54. The first-order valence-corrected chi connectivity index (χ1v) is 9.10. The Morgan fingerprint density at radius 1 is 1.07 bits per heavy atom. The van der Waals surface area contributed by atoms with Crippen molar-refractivity contribution in [3.8, 4) is 5.75 Å². The maximum absolute atomic E-state index is 12.3. The standard InChI is InChI=1S/C21H25ClN2O3/c1-21(2,3)15-7-10-18(27-4)17(13-15)24-19(25)11-12-23-20(26)14-5-8-16(22)9-6-14/h5-10,13H,11-12H2,1-4H3,(H,23,26)(H,24,25). The zero-order valence-corrected chi connectivity index (χ0v) is 16.8. The third kappa shape index (κ3) is 6.00. The monoisotopic (exact) mass is 388 g/mol. The van der Waals surface area contributed by atoms with Crippen molar-refractivity contribution in [3.63, 3.8) is 0 Å². The predicted molar refractivity (Wildman–Crippen MR) is 109 cm³/mol. The van der Waals surface area contributed by atoms with E-state index in [1.54, 1.807) is 31.4 Å². The molecule has 2 N–H and O–H groups in total. The molecule has 0 saturated carbocycles.